The van der Waals surface area contributed by atoms with Crippen molar-refractivity contribution < 1.29 is 14.6 Å². The third-order valence-electron chi connectivity index (χ3n) is 4.48. The first-order valence-corrected chi connectivity index (χ1v) is 9.94. The number of aromatic hydroxyl groups is 1. The van der Waals surface area contributed by atoms with Gasteiger partial charge in [-0.3, -0.25) is 4.90 Å². The number of hydrogen-bond acceptors (Lipinski definition) is 6. The zero-order valence-corrected chi connectivity index (χ0v) is 16.0. The molecule has 2 heterocycles. The molecular weight excluding hydrogens is 360 g/mol. The van der Waals surface area contributed by atoms with Crippen LogP contribution in [0, 0.1) is 0 Å². The van der Waals surface area contributed by atoms with Gasteiger partial charge in [0.2, 0.25) is 6.79 Å². The largest absolute Gasteiger partial charge is 0.508 e. The van der Waals surface area contributed by atoms with E-state index in [9.17, 15) is 5.11 Å². The summed E-state index contributed by atoms with van der Waals surface area (Å²) in [6.45, 7) is 4.85. The summed E-state index contributed by atoms with van der Waals surface area (Å²) in [6.07, 6.45) is 1.05. The maximum atomic E-state index is 10.1. The van der Waals surface area contributed by atoms with Crippen LogP contribution in [-0.2, 0) is 13.1 Å². The Bertz CT molecular complexity index is 925. The zero-order valence-electron chi connectivity index (χ0n) is 15.2. The van der Waals surface area contributed by atoms with E-state index in [2.05, 4.69) is 17.2 Å². The summed E-state index contributed by atoms with van der Waals surface area (Å²) in [7, 11) is 0. The number of rotatable bonds is 7. The Hall–Kier alpha value is -2.57. The summed E-state index contributed by atoms with van der Waals surface area (Å²) < 4.78 is 10.8. The van der Waals surface area contributed by atoms with E-state index in [0.717, 1.165) is 52.8 Å². The second-order valence-electron chi connectivity index (χ2n) is 6.55. The van der Waals surface area contributed by atoms with Crippen LogP contribution in [-0.4, -0.2) is 28.3 Å². The van der Waals surface area contributed by atoms with Crippen molar-refractivity contribution in [2.75, 3.05) is 13.3 Å². The molecule has 0 spiro atoms. The first-order chi connectivity index (χ1) is 13.2. The third kappa shape index (κ3) is 4.07. The van der Waals surface area contributed by atoms with Crippen molar-refractivity contribution in [2.24, 2.45) is 0 Å². The molecule has 1 N–H and O–H groups in total. The molecule has 1 aromatic heterocycles. The molecule has 4 rings (SSSR count). The molecule has 0 atom stereocenters. The van der Waals surface area contributed by atoms with Crippen LogP contribution in [0.4, 0.5) is 0 Å². The molecule has 0 saturated heterocycles. The first-order valence-electron chi connectivity index (χ1n) is 9.06. The van der Waals surface area contributed by atoms with Crippen LogP contribution in [0.5, 0.6) is 17.2 Å². The number of para-hydroxylation sites is 1. The predicted molar refractivity (Wildman–Crippen MR) is 106 cm³/mol. The number of ether oxygens (including phenoxy) is 2. The molecule has 0 saturated carbocycles. The normalized spacial score (nSPS) is 12.7. The molecule has 2 aromatic carbocycles. The summed E-state index contributed by atoms with van der Waals surface area (Å²) in [6, 6.07) is 13.4. The lowest BCUT2D eigenvalue weighted by Crippen LogP contribution is -2.23. The number of hydrogen-bond donors (Lipinski definition) is 1. The molecule has 0 fully saturated rings. The van der Waals surface area contributed by atoms with Crippen LogP contribution in [0.25, 0.3) is 10.6 Å². The van der Waals surface area contributed by atoms with E-state index in [-0.39, 0.29) is 6.79 Å². The number of phenolic OH excluding ortho intramolecular Hbond substituents is 1. The summed E-state index contributed by atoms with van der Waals surface area (Å²) >= 11 is 1.63. The SMILES string of the molecule is CCCN(Cc1csc(-c2ccc3c(c2)OCO3)n1)Cc1ccccc1O. The van der Waals surface area contributed by atoms with Crippen LogP contribution >= 0.6 is 11.3 Å². The number of aromatic nitrogens is 1. The lowest BCUT2D eigenvalue weighted by atomic mass is 10.2. The fraction of sp³-hybridized carbons (Fsp3) is 0.286. The van der Waals surface area contributed by atoms with Crippen molar-refractivity contribution >= 4 is 11.3 Å². The van der Waals surface area contributed by atoms with Crippen molar-refractivity contribution in [1.82, 2.24) is 9.88 Å². The van der Waals surface area contributed by atoms with Gasteiger partial charge in [-0.1, -0.05) is 25.1 Å². The molecule has 0 unspecified atom stereocenters. The van der Waals surface area contributed by atoms with Crippen LogP contribution in [0.3, 0.4) is 0 Å². The number of phenols is 1. The zero-order chi connectivity index (χ0) is 18.6. The molecule has 0 amide bonds. The van der Waals surface area contributed by atoms with Crippen LogP contribution < -0.4 is 9.47 Å². The van der Waals surface area contributed by atoms with E-state index in [0.29, 0.717) is 12.3 Å². The number of thiazole rings is 1. The highest BCUT2D eigenvalue weighted by atomic mass is 32.1. The fourth-order valence-corrected chi connectivity index (χ4v) is 3.99. The van der Waals surface area contributed by atoms with Crippen LogP contribution in [0.1, 0.15) is 24.6 Å². The molecule has 140 valence electrons. The Morgan fingerprint density at radius 1 is 1.11 bits per heavy atom. The predicted octanol–water partition coefficient (Wildman–Crippen LogP) is 4.66. The fourth-order valence-electron chi connectivity index (χ4n) is 3.19. The average Bonchev–Trinajstić information content (AvgIpc) is 3.32. The van der Waals surface area contributed by atoms with Gasteiger partial charge in [-0.05, 0) is 37.2 Å². The minimum Gasteiger partial charge on any atom is -0.508 e. The molecule has 1 aliphatic rings. The van der Waals surface area contributed by atoms with Gasteiger partial charge in [0.1, 0.15) is 10.8 Å². The highest BCUT2D eigenvalue weighted by molar-refractivity contribution is 7.13. The van der Waals surface area contributed by atoms with E-state index in [1.54, 1.807) is 17.4 Å². The van der Waals surface area contributed by atoms with E-state index in [1.807, 2.05) is 36.4 Å². The minimum absolute atomic E-state index is 0.278. The lowest BCUT2D eigenvalue weighted by Gasteiger charge is -2.21. The molecule has 6 heteroatoms. The standard InChI is InChI=1S/C21H22N2O3S/c1-2-9-23(11-16-5-3-4-6-18(16)24)12-17-13-27-21(22-17)15-7-8-19-20(10-15)26-14-25-19/h3-8,10,13,24H,2,9,11-12,14H2,1H3. The summed E-state index contributed by atoms with van der Waals surface area (Å²) in [4.78, 5) is 7.12. The van der Waals surface area contributed by atoms with Gasteiger partial charge < -0.3 is 14.6 Å². The van der Waals surface area contributed by atoms with Gasteiger partial charge in [0.25, 0.3) is 0 Å². The van der Waals surface area contributed by atoms with E-state index < -0.39 is 0 Å². The molecule has 5 nitrogen and oxygen atoms in total. The second-order valence-corrected chi connectivity index (χ2v) is 7.41. The van der Waals surface area contributed by atoms with Gasteiger partial charge in [0.15, 0.2) is 11.5 Å². The molecule has 27 heavy (non-hydrogen) atoms. The quantitative estimate of drug-likeness (QED) is 0.644. The monoisotopic (exact) mass is 382 g/mol. The topological polar surface area (TPSA) is 54.8 Å². The molecule has 0 radical (unpaired) electrons. The Balaban J connectivity index is 1.49. The number of benzene rings is 2. The Kier molecular flexibility index (Phi) is 5.27. The van der Waals surface area contributed by atoms with Gasteiger partial charge in [-0.25, -0.2) is 4.98 Å². The Morgan fingerprint density at radius 2 is 1.96 bits per heavy atom. The minimum atomic E-state index is 0.278. The van der Waals surface area contributed by atoms with Crippen molar-refractivity contribution in [1.29, 1.82) is 0 Å². The van der Waals surface area contributed by atoms with E-state index >= 15 is 0 Å². The third-order valence-corrected chi connectivity index (χ3v) is 5.42. The highest BCUT2D eigenvalue weighted by Gasteiger charge is 2.16. The van der Waals surface area contributed by atoms with Crippen molar-refractivity contribution in [3.05, 3.63) is 59.1 Å². The van der Waals surface area contributed by atoms with E-state index in [1.165, 1.54) is 0 Å². The Morgan fingerprint density at radius 3 is 2.81 bits per heavy atom. The average molecular weight is 382 g/mol. The van der Waals surface area contributed by atoms with Gasteiger partial charge in [0, 0.05) is 29.6 Å². The molecule has 0 bridgehead atoms. The number of nitrogens with zero attached hydrogens (tertiary/aromatic N) is 2. The lowest BCUT2D eigenvalue weighted by molar-refractivity contribution is 0.174. The second kappa shape index (κ2) is 7.98. The molecule has 1 aliphatic heterocycles. The van der Waals surface area contributed by atoms with Gasteiger partial charge in [-0.2, -0.15) is 0 Å². The van der Waals surface area contributed by atoms with Crippen LogP contribution in [0.15, 0.2) is 47.8 Å². The van der Waals surface area contributed by atoms with Crippen molar-refractivity contribution in [3.8, 4) is 27.8 Å². The maximum Gasteiger partial charge on any atom is 0.231 e. The summed E-state index contributed by atoms with van der Waals surface area (Å²) in [5.41, 5.74) is 3.02. The highest BCUT2D eigenvalue weighted by Crippen LogP contribution is 2.36. The van der Waals surface area contributed by atoms with Gasteiger partial charge in [-0.15, -0.1) is 11.3 Å². The number of fused-ring (bicyclic) bond motifs is 1. The van der Waals surface area contributed by atoms with Crippen molar-refractivity contribution in [3.63, 3.8) is 0 Å². The Labute approximate surface area is 162 Å². The van der Waals surface area contributed by atoms with Crippen LogP contribution in [0.2, 0.25) is 0 Å². The van der Waals surface area contributed by atoms with Gasteiger partial charge >= 0.3 is 0 Å². The maximum absolute atomic E-state index is 10.1. The summed E-state index contributed by atoms with van der Waals surface area (Å²) in [5, 5.41) is 13.1. The molecular formula is C21H22N2O3S. The van der Waals surface area contributed by atoms with Gasteiger partial charge in [0.05, 0.1) is 5.69 Å². The van der Waals surface area contributed by atoms with E-state index in [4.69, 9.17) is 14.5 Å². The summed E-state index contributed by atoms with van der Waals surface area (Å²) in [5.74, 6) is 1.90. The molecule has 0 aliphatic carbocycles. The van der Waals surface area contributed by atoms with Crippen molar-refractivity contribution in [2.45, 2.75) is 26.4 Å². The first kappa shape index (κ1) is 17.8. The smallest absolute Gasteiger partial charge is 0.231 e. The molecule has 3 aromatic rings.